The summed E-state index contributed by atoms with van der Waals surface area (Å²) in [6, 6.07) is 6.94. The number of rotatable bonds is 4. The van der Waals surface area contributed by atoms with Crippen molar-refractivity contribution in [3.8, 4) is 11.5 Å². The van der Waals surface area contributed by atoms with E-state index < -0.39 is 0 Å². The van der Waals surface area contributed by atoms with E-state index in [1.165, 1.54) is 38.8 Å². The van der Waals surface area contributed by atoms with Crippen molar-refractivity contribution >= 4 is 0 Å². The second-order valence-electron chi connectivity index (χ2n) is 6.31. The van der Waals surface area contributed by atoms with Crippen molar-refractivity contribution in [2.45, 2.75) is 50.7 Å². The summed E-state index contributed by atoms with van der Waals surface area (Å²) in [5, 5.41) is 13.9. The molecule has 0 radical (unpaired) electrons. The molecule has 4 nitrogen and oxygen atoms in total. The minimum Gasteiger partial charge on any atom is -0.507 e. The van der Waals surface area contributed by atoms with Gasteiger partial charge < -0.3 is 15.2 Å². The highest BCUT2D eigenvalue weighted by atomic mass is 16.5. The van der Waals surface area contributed by atoms with Gasteiger partial charge in [0.1, 0.15) is 11.5 Å². The molecular formula is C17H26N2O2. The summed E-state index contributed by atoms with van der Waals surface area (Å²) in [7, 11) is 1.62. The summed E-state index contributed by atoms with van der Waals surface area (Å²) in [6.07, 6.45) is 5.21. The lowest BCUT2D eigenvalue weighted by molar-refractivity contribution is 0.177. The van der Waals surface area contributed by atoms with Crippen molar-refractivity contribution in [3.63, 3.8) is 0 Å². The second-order valence-corrected chi connectivity index (χ2v) is 6.31. The highest BCUT2D eigenvalue weighted by molar-refractivity contribution is 5.41. The highest BCUT2D eigenvalue weighted by Gasteiger charge is 2.36. The van der Waals surface area contributed by atoms with Gasteiger partial charge in [0, 0.05) is 36.3 Å². The minimum absolute atomic E-state index is 0.155. The van der Waals surface area contributed by atoms with Crippen LogP contribution in [0.4, 0.5) is 0 Å². The number of benzene rings is 1. The van der Waals surface area contributed by atoms with Crippen molar-refractivity contribution in [2.75, 3.05) is 20.2 Å². The van der Waals surface area contributed by atoms with Crippen LogP contribution < -0.4 is 10.1 Å². The van der Waals surface area contributed by atoms with Crippen LogP contribution in [0.1, 0.15) is 44.2 Å². The first-order chi connectivity index (χ1) is 10.2. The second kappa shape index (κ2) is 6.24. The molecule has 3 rings (SSSR count). The van der Waals surface area contributed by atoms with Crippen LogP contribution in [0.15, 0.2) is 18.2 Å². The van der Waals surface area contributed by atoms with Gasteiger partial charge in [0.2, 0.25) is 0 Å². The summed E-state index contributed by atoms with van der Waals surface area (Å²) in [5.74, 6) is 1.01. The number of hydrogen-bond donors (Lipinski definition) is 2. The molecule has 2 heterocycles. The lowest BCUT2D eigenvalue weighted by Gasteiger charge is -2.34. The number of nitrogens with one attached hydrogen (secondary N) is 1. The van der Waals surface area contributed by atoms with Crippen molar-refractivity contribution < 1.29 is 9.84 Å². The summed E-state index contributed by atoms with van der Waals surface area (Å²) in [5.41, 5.74) is 0.949. The maximum atomic E-state index is 10.2. The van der Waals surface area contributed by atoms with E-state index in [9.17, 15) is 5.11 Å². The number of hydrogen-bond acceptors (Lipinski definition) is 4. The van der Waals surface area contributed by atoms with Crippen LogP contribution in [0.2, 0.25) is 0 Å². The normalized spacial score (nSPS) is 27.3. The summed E-state index contributed by atoms with van der Waals surface area (Å²) in [6.45, 7) is 4.60. The van der Waals surface area contributed by atoms with Crippen LogP contribution in [-0.4, -0.2) is 42.3 Å². The molecule has 1 aromatic carbocycles. The summed E-state index contributed by atoms with van der Waals surface area (Å²) < 4.78 is 5.15. The molecule has 4 heteroatoms. The summed E-state index contributed by atoms with van der Waals surface area (Å²) in [4.78, 5) is 2.63. The molecule has 1 aromatic rings. The van der Waals surface area contributed by atoms with Crippen LogP contribution in [0.25, 0.3) is 0 Å². The van der Waals surface area contributed by atoms with Gasteiger partial charge in [0.15, 0.2) is 0 Å². The average Bonchev–Trinajstić information content (AvgIpc) is 2.90. The third-order valence-electron chi connectivity index (χ3n) is 5.02. The number of phenols is 1. The van der Waals surface area contributed by atoms with E-state index in [1.54, 1.807) is 13.2 Å². The molecule has 0 bridgehead atoms. The molecule has 2 aliphatic heterocycles. The maximum Gasteiger partial charge on any atom is 0.124 e. The molecule has 3 atom stereocenters. The zero-order valence-corrected chi connectivity index (χ0v) is 13.0. The van der Waals surface area contributed by atoms with Gasteiger partial charge in [-0.25, -0.2) is 0 Å². The molecule has 0 aromatic heterocycles. The molecule has 0 saturated carbocycles. The molecule has 2 aliphatic rings. The molecule has 3 unspecified atom stereocenters. The number of phenolic OH excluding ortho intramolecular Hbond substituents is 1. The van der Waals surface area contributed by atoms with E-state index in [-0.39, 0.29) is 6.04 Å². The fourth-order valence-electron chi connectivity index (χ4n) is 3.87. The Morgan fingerprint density at radius 1 is 1.29 bits per heavy atom. The van der Waals surface area contributed by atoms with E-state index >= 15 is 0 Å². The third-order valence-corrected chi connectivity index (χ3v) is 5.02. The monoisotopic (exact) mass is 290 g/mol. The number of aromatic hydroxyl groups is 1. The van der Waals surface area contributed by atoms with E-state index in [4.69, 9.17) is 4.74 Å². The number of piperidine rings is 1. The lowest BCUT2D eigenvalue weighted by atomic mass is 9.97. The topological polar surface area (TPSA) is 44.7 Å². The largest absolute Gasteiger partial charge is 0.507 e. The molecule has 21 heavy (non-hydrogen) atoms. The van der Waals surface area contributed by atoms with Crippen molar-refractivity contribution in [3.05, 3.63) is 23.8 Å². The van der Waals surface area contributed by atoms with Crippen LogP contribution in [0, 0.1) is 0 Å². The maximum absolute atomic E-state index is 10.2. The molecule has 0 spiro atoms. The average molecular weight is 290 g/mol. The van der Waals surface area contributed by atoms with Gasteiger partial charge in [0.05, 0.1) is 7.11 Å². The Morgan fingerprint density at radius 2 is 2.14 bits per heavy atom. The highest BCUT2D eigenvalue weighted by Crippen LogP contribution is 2.32. The van der Waals surface area contributed by atoms with Crippen LogP contribution in [0.5, 0.6) is 11.5 Å². The number of ether oxygens (including phenoxy) is 1. The Labute approximate surface area is 127 Å². The summed E-state index contributed by atoms with van der Waals surface area (Å²) >= 11 is 0. The van der Waals surface area contributed by atoms with Gasteiger partial charge in [-0.2, -0.15) is 0 Å². The molecule has 2 N–H and O–H groups in total. The van der Waals surface area contributed by atoms with E-state index in [2.05, 4.69) is 17.1 Å². The van der Waals surface area contributed by atoms with Crippen molar-refractivity contribution in [1.29, 1.82) is 0 Å². The minimum atomic E-state index is 0.155. The molecule has 0 amide bonds. The first-order valence-electron chi connectivity index (χ1n) is 8.06. The molecular weight excluding hydrogens is 264 g/mol. The van der Waals surface area contributed by atoms with Gasteiger partial charge >= 0.3 is 0 Å². The Bertz CT molecular complexity index is 492. The van der Waals surface area contributed by atoms with Crippen molar-refractivity contribution in [1.82, 2.24) is 10.2 Å². The predicted octanol–water partition coefficient (Wildman–Crippen LogP) is 2.68. The fourth-order valence-corrected chi connectivity index (χ4v) is 3.87. The lowest BCUT2D eigenvalue weighted by Crippen LogP contribution is -2.45. The fraction of sp³-hybridized carbons (Fsp3) is 0.647. The quantitative estimate of drug-likeness (QED) is 0.895. The molecule has 2 fully saturated rings. The van der Waals surface area contributed by atoms with Gasteiger partial charge in [-0.1, -0.05) is 12.5 Å². The molecule has 2 saturated heterocycles. The van der Waals surface area contributed by atoms with Gasteiger partial charge in [-0.15, -0.1) is 0 Å². The standard InChI is InChI=1S/C17H26N2O2/c1-12(14-7-6-13(21-2)11-17(14)20)18-15-8-10-19-9-4-3-5-16(15)19/h6-7,11-12,15-16,18,20H,3-5,8-10H2,1-2H3. The molecule has 116 valence electrons. The zero-order valence-electron chi connectivity index (χ0n) is 13.0. The van der Waals surface area contributed by atoms with Gasteiger partial charge in [-0.3, -0.25) is 4.90 Å². The molecule has 0 aliphatic carbocycles. The van der Waals surface area contributed by atoms with Gasteiger partial charge in [-0.05, 0) is 38.8 Å². The number of methoxy groups -OCH3 is 1. The predicted molar refractivity (Wildman–Crippen MR) is 83.8 cm³/mol. The SMILES string of the molecule is COc1ccc(C(C)NC2CCN3CCCCC23)c(O)c1. The Balaban J connectivity index is 1.67. The van der Waals surface area contributed by atoms with E-state index in [0.717, 1.165) is 5.56 Å². The third kappa shape index (κ3) is 3.01. The Hall–Kier alpha value is -1.26. The Morgan fingerprint density at radius 3 is 2.90 bits per heavy atom. The Kier molecular flexibility index (Phi) is 4.36. The first-order valence-corrected chi connectivity index (χ1v) is 8.06. The number of nitrogens with zero attached hydrogens (tertiary/aromatic N) is 1. The van der Waals surface area contributed by atoms with Crippen LogP contribution in [-0.2, 0) is 0 Å². The van der Waals surface area contributed by atoms with E-state index in [1.807, 2.05) is 12.1 Å². The van der Waals surface area contributed by atoms with E-state index in [0.29, 0.717) is 23.6 Å². The van der Waals surface area contributed by atoms with Gasteiger partial charge in [0.25, 0.3) is 0 Å². The smallest absolute Gasteiger partial charge is 0.124 e. The number of fused-ring (bicyclic) bond motifs is 1. The van der Waals surface area contributed by atoms with Crippen LogP contribution >= 0.6 is 0 Å². The van der Waals surface area contributed by atoms with Crippen molar-refractivity contribution in [2.24, 2.45) is 0 Å². The zero-order chi connectivity index (χ0) is 14.8. The first kappa shape index (κ1) is 14.7. The van der Waals surface area contributed by atoms with Crippen LogP contribution in [0.3, 0.4) is 0 Å².